The van der Waals surface area contributed by atoms with Crippen LogP contribution in [0.5, 0.6) is 0 Å². The van der Waals surface area contributed by atoms with Gasteiger partial charge < -0.3 is 15.0 Å². The lowest BCUT2D eigenvalue weighted by Gasteiger charge is -2.20. The van der Waals surface area contributed by atoms with Gasteiger partial charge >= 0.3 is 0 Å². The molecule has 0 radical (unpaired) electrons. The molecule has 1 aromatic heterocycles. The standard InChI is InChI=1S/C26H25BrN2O2/c27-16-15-22-21-13-7-8-14-23(21)28-25(22)24(18-31-17-19-9-3-1-4-10-19)29-26(30)20-11-5-2-6-12-20/h1-14,24,28H,15-18H2,(H,29,30). The third-order valence-corrected chi connectivity index (χ3v) is 5.67. The predicted octanol–water partition coefficient (Wildman–Crippen LogP) is 5.79. The maximum Gasteiger partial charge on any atom is 0.251 e. The molecule has 0 spiro atoms. The van der Waals surface area contributed by atoms with Crippen LogP contribution in [0.15, 0.2) is 84.9 Å². The van der Waals surface area contributed by atoms with Crippen molar-refractivity contribution >= 4 is 32.7 Å². The summed E-state index contributed by atoms with van der Waals surface area (Å²) in [5.74, 6) is -0.114. The van der Waals surface area contributed by atoms with Crippen LogP contribution in [0.1, 0.15) is 33.2 Å². The molecule has 1 atom stereocenters. The lowest BCUT2D eigenvalue weighted by Crippen LogP contribution is -2.32. The maximum absolute atomic E-state index is 13.0. The van der Waals surface area contributed by atoms with Crippen LogP contribution in [0, 0.1) is 0 Å². The first-order valence-corrected chi connectivity index (χ1v) is 11.5. The molecule has 0 aliphatic heterocycles. The summed E-state index contributed by atoms with van der Waals surface area (Å²) in [4.78, 5) is 16.5. The first-order chi connectivity index (χ1) is 15.3. The number of ether oxygens (including phenoxy) is 1. The molecule has 0 bridgehead atoms. The van der Waals surface area contributed by atoms with Crippen molar-refractivity contribution in [3.8, 4) is 0 Å². The third-order valence-electron chi connectivity index (χ3n) is 5.28. The largest absolute Gasteiger partial charge is 0.374 e. The number of alkyl halides is 1. The van der Waals surface area contributed by atoms with Crippen molar-refractivity contribution in [2.24, 2.45) is 0 Å². The number of hydrogen-bond donors (Lipinski definition) is 2. The summed E-state index contributed by atoms with van der Waals surface area (Å²) in [6, 6.07) is 27.3. The van der Waals surface area contributed by atoms with Crippen molar-refractivity contribution in [3.63, 3.8) is 0 Å². The van der Waals surface area contributed by atoms with Gasteiger partial charge in [-0.15, -0.1) is 0 Å². The molecule has 0 saturated heterocycles. The van der Waals surface area contributed by atoms with Gasteiger partial charge in [0.2, 0.25) is 0 Å². The van der Waals surface area contributed by atoms with Crippen LogP contribution >= 0.6 is 15.9 Å². The third kappa shape index (κ3) is 5.24. The Morgan fingerprint density at radius 2 is 1.61 bits per heavy atom. The number of carbonyl (C=O) groups excluding carboxylic acids is 1. The number of fused-ring (bicyclic) bond motifs is 1. The molecular weight excluding hydrogens is 452 g/mol. The Balaban J connectivity index is 1.62. The zero-order valence-electron chi connectivity index (χ0n) is 17.2. The minimum atomic E-state index is -0.294. The normalized spacial score (nSPS) is 12.0. The van der Waals surface area contributed by atoms with Crippen molar-refractivity contribution in [2.75, 3.05) is 11.9 Å². The van der Waals surface area contributed by atoms with Crippen molar-refractivity contribution in [2.45, 2.75) is 19.1 Å². The Morgan fingerprint density at radius 3 is 2.35 bits per heavy atom. The number of hydrogen-bond acceptors (Lipinski definition) is 2. The topological polar surface area (TPSA) is 54.1 Å². The summed E-state index contributed by atoms with van der Waals surface area (Å²) in [6.45, 7) is 0.863. The number of carbonyl (C=O) groups is 1. The Labute approximate surface area is 190 Å². The van der Waals surface area contributed by atoms with Gasteiger partial charge in [0.25, 0.3) is 5.91 Å². The Bertz CT molecular complexity index is 1130. The second kappa shape index (κ2) is 10.4. The molecule has 4 nitrogen and oxygen atoms in total. The number of H-pyrrole nitrogens is 1. The van der Waals surface area contributed by atoms with Crippen molar-refractivity contribution in [3.05, 3.63) is 107 Å². The molecule has 2 N–H and O–H groups in total. The van der Waals surface area contributed by atoms with Gasteiger partial charge in [-0.2, -0.15) is 0 Å². The van der Waals surface area contributed by atoms with Gasteiger partial charge in [0.1, 0.15) is 0 Å². The number of nitrogens with one attached hydrogen (secondary N) is 2. The van der Waals surface area contributed by atoms with E-state index in [-0.39, 0.29) is 11.9 Å². The van der Waals surface area contributed by atoms with E-state index in [1.807, 2.05) is 72.8 Å². The zero-order valence-corrected chi connectivity index (χ0v) is 18.8. The number of aromatic nitrogens is 1. The SMILES string of the molecule is O=C(NC(COCc1ccccc1)c1[nH]c2ccccc2c1CCBr)c1ccccc1. The van der Waals surface area contributed by atoms with Gasteiger partial charge in [-0.3, -0.25) is 4.79 Å². The summed E-state index contributed by atoms with van der Waals surface area (Å²) in [5, 5.41) is 5.20. The van der Waals surface area contributed by atoms with Crippen molar-refractivity contribution < 1.29 is 9.53 Å². The number of benzene rings is 3. The Kier molecular flexibility index (Phi) is 7.18. The average molecular weight is 477 g/mol. The van der Waals surface area contributed by atoms with E-state index in [0.717, 1.165) is 28.5 Å². The average Bonchev–Trinajstić information content (AvgIpc) is 3.18. The van der Waals surface area contributed by atoms with Crippen molar-refractivity contribution in [1.82, 2.24) is 10.3 Å². The molecule has 1 heterocycles. The molecule has 1 amide bonds. The quantitative estimate of drug-likeness (QED) is 0.300. The van der Waals surface area contributed by atoms with E-state index >= 15 is 0 Å². The van der Waals surface area contributed by atoms with E-state index in [9.17, 15) is 4.79 Å². The first-order valence-electron chi connectivity index (χ1n) is 10.4. The van der Waals surface area contributed by atoms with E-state index in [2.05, 4.69) is 38.4 Å². The minimum absolute atomic E-state index is 0.114. The molecule has 5 heteroatoms. The van der Waals surface area contributed by atoms with Gasteiger partial charge in [-0.05, 0) is 35.7 Å². The first kappa shape index (κ1) is 21.3. The van der Waals surface area contributed by atoms with Crippen molar-refractivity contribution in [1.29, 1.82) is 0 Å². The van der Waals surface area contributed by atoms with Crippen LogP contribution in [-0.4, -0.2) is 22.8 Å². The summed E-state index contributed by atoms with van der Waals surface area (Å²) >= 11 is 3.58. The smallest absolute Gasteiger partial charge is 0.251 e. The molecule has 31 heavy (non-hydrogen) atoms. The van der Waals surface area contributed by atoms with Gasteiger partial charge in [-0.25, -0.2) is 0 Å². The molecule has 4 rings (SSSR count). The minimum Gasteiger partial charge on any atom is -0.374 e. The van der Waals surface area contributed by atoms with Crippen LogP contribution in [0.4, 0.5) is 0 Å². The summed E-state index contributed by atoms with van der Waals surface area (Å²) in [7, 11) is 0. The fraction of sp³-hybridized carbons (Fsp3) is 0.192. The number of halogens is 1. The summed E-state index contributed by atoms with van der Waals surface area (Å²) in [5.41, 5.74) is 5.00. The molecule has 158 valence electrons. The molecule has 1 unspecified atom stereocenters. The number of amides is 1. The molecule has 0 aliphatic carbocycles. The summed E-state index contributed by atoms with van der Waals surface area (Å²) < 4.78 is 6.06. The van der Waals surface area contributed by atoms with E-state index in [1.54, 1.807) is 0 Å². The Morgan fingerprint density at radius 1 is 0.935 bits per heavy atom. The van der Waals surface area contributed by atoms with Crippen LogP contribution < -0.4 is 5.32 Å². The van der Waals surface area contributed by atoms with E-state index < -0.39 is 0 Å². The van der Waals surface area contributed by atoms with Crippen LogP contribution in [0.3, 0.4) is 0 Å². The maximum atomic E-state index is 13.0. The van der Waals surface area contributed by atoms with Gasteiger partial charge in [0.15, 0.2) is 0 Å². The van der Waals surface area contributed by atoms with E-state index in [0.29, 0.717) is 18.8 Å². The van der Waals surface area contributed by atoms with Crippen LogP contribution in [0.25, 0.3) is 10.9 Å². The highest BCUT2D eigenvalue weighted by atomic mass is 79.9. The number of para-hydroxylation sites is 1. The highest BCUT2D eigenvalue weighted by Gasteiger charge is 2.22. The fourth-order valence-corrected chi connectivity index (χ4v) is 4.18. The molecule has 0 aliphatic rings. The molecule has 4 aromatic rings. The van der Waals surface area contributed by atoms with Gasteiger partial charge in [-0.1, -0.05) is 82.7 Å². The monoisotopic (exact) mass is 476 g/mol. The summed E-state index contributed by atoms with van der Waals surface area (Å²) in [6.07, 6.45) is 0.857. The van der Waals surface area contributed by atoms with Gasteiger partial charge in [0.05, 0.1) is 19.3 Å². The van der Waals surface area contributed by atoms with Crippen LogP contribution in [0.2, 0.25) is 0 Å². The number of rotatable bonds is 9. The lowest BCUT2D eigenvalue weighted by atomic mass is 10.0. The second-order valence-corrected chi connectivity index (χ2v) is 8.19. The number of aryl methyl sites for hydroxylation is 1. The highest BCUT2D eigenvalue weighted by Crippen LogP contribution is 2.28. The lowest BCUT2D eigenvalue weighted by molar-refractivity contribution is 0.0791. The second-order valence-electron chi connectivity index (χ2n) is 7.39. The van der Waals surface area contributed by atoms with E-state index in [1.165, 1.54) is 10.9 Å². The van der Waals surface area contributed by atoms with E-state index in [4.69, 9.17) is 4.74 Å². The molecular formula is C26H25BrN2O2. The van der Waals surface area contributed by atoms with Crippen LogP contribution in [-0.2, 0) is 17.8 Å². The zero-order chi connectivity index (χ0) is 21.5. The number of aromatic amines is 1. The fourth-order valence-electron chi connectivity index (χ4n) is 3.78. The molecule has 3 aromatic carbocycles. The molecule has 0 fully saturated rings. The highest BCUT2D eigenvalue weighted by molar-refractivity contribution is 9.09. The Hall–Kier alpha value is -2.89. The predicted molar refractivity (Wildman–Crippen MR) is 129 cm³/mol. The molecule has 0 saturated carbocycles. The van der Waals surface area contributed by atoms with Gasteiger partial charge in [0, 0.05) is 27.5 Å².